The van der Waals surface area contributed by atoms with Crippen molar-refractivity contribution in [3.8, 4) is 0 Å². The van der Waals surface area contributed by atoms with Crippen molar-refractivity contribution in [2.24, 2.45) is 0 Å². The number of thioether (sulfide) groups is 1. The smallest absolute Gasteiger partial charge is 0.423 e. The molecule has 1 aliphatic rings. The molecule has 2 rings (SSSR count). The summed E-state index contributed by atoms with van der Waals surface area (Å²) in [5.41, 5.74) is 0.962. The Kier molecular flexibility index (Phi) is 4.67. The summed E-state index contributed by atoms with van der Waals surface area (Å²) in [5, 5.41) is 18.5. The first-order chi connectivity index (χ1) is 8.56. The third-order valence-corrected chi connectivity index (χ3v) is 4.60. The maximum atomic E-state index is 13.3. The summed E-state index contributed by atoms with van der Waals surface area (Å²) in [7, 11) is -1.63. The Bertz CT molecular complexity index is 416. The molecular formula is C12H16BFO3S. The summed E-state index contributed by atoms with van der Waals surface area (Å²) in [6, 6.07) is 4.20. The van der Waals surface area contributed by atoms with Crippen LogP contribution in [0.25, 0.3) is 0 Å². The van der Waals surface area contributed by atoms with E-state index in [0.29, 0.717) is 11.0 Å². The number of halogens is 1. The zero-order chi connectivity index (χ0) is 13.1. The summed E-state index contributed by atoms with van der Waals surface area (Å²) in [6.07, 6.45) is 1.24. The third kappa shape index (κ3) is 3.48. The predicted molar refractivity (Wildman–Crippen MR) is 71.3 cm³/mol. The minimum Gasteiger partial charge on any atom is -0.423 e. The Labute approximate surface area is 110 Å². The van der Waals surface area contributed by atoms with Crippen molar-refractivity contribution in [2.75, 3.05) is 6.61 Å². The van der Waals surface area contributed by atoms with Gasteiger partial charge in [0.15, 0.2) is 0 Å². The lowest BCUT2D eigenvalue weighted by Gasteiger charge is -2.13. The van der Waals surface area contributed by atoms with Crippen LogP contribution < -0.4 is 5.46 Å². The topological polar surface area (TPSA) is 49.7 Å². The van der Waals surface area contributed by atoms with Crippen molar-refractivity contribution >= 4 is 24.3 Å². The first-order valence-corrected chi connectivity index (χ1v) is 7.00. The van der Waals surface area contributed by atoms with Gasteiger partial charge in [0.05, 0.1) is 6.10 Å². The molecular weight excluding hydrogens is 254 g/mol. The maximum absolute atomic E-state index is 13.3. The summed E-state index contributed by atoms with van der Waals surface area (Å²) in [4.78, 5) is 0. The molecule has 0 bridgehead atoms. The van der Waals surface area contributed by atoms with Gasteiger partial charge in [-0.2, -0.15) is 11.8 Å². The molecule has 0 aromatic heterocycles. The molecule has 0 aliphatic carbocycles. The normalized spacial score (nSPS) is 23.3. The van der Waals surface area contributed by atoms with Gasteiger partial charge in [-0.25, -0.2) is 4.39 Å². The van der Waals surface area contributed by atoms with Crippen LogP contribution in [0.5, 0.6) is 0 Å². The van der Waals surface area contributed by atoms with Crippen LogP contribution in [0.2, 0.25) is 0 Å². The van der Waals surface area contributed by atoms with Gasteiger partial charge in [-0.15, -0.1) is 0 Å². The molecule has 0 radical (unpaired) electrons. The van der Waals surface area contributed by atoms with Crippen molar-refractivity contribution < 1.29 is 19.2 Å². The highest BCUT2D eigenvalue weighted by atomic mass is 32.2. The standard InChI is InChI=1S/C12H16BFO3S/c1-8-12(2-3-17-8)18-7-9-4-10(13(15)16)6-11(14)5-9/h4-6,8,12,15-16H,2-3,7H2,1H3. The summed E-state index contributed by atoms with van der Waals surface area (Å²) >= 11 is 1.72. The van der Waals surface area contributed by atoms with Gasteiger partial charge in [-0.3, -0.25) is 0 Å². The van der Waals surface area contributed by atoms with Crippen LogP contribution in [0, 0.1) is 5.82 Å². The zero-order valence-corrected chi connectivity index (χ0v) is 11.0. The number of ether oxygens (including phenoxy) is 1. The average Bonchev–Trinajstić information content (AvgIpc) is 2.71. The molecule has 2 atom stereocenters. The van der Waals surface area contributed by atoms with Gasteiger partial charge >= 0.3 is 7.12 Å². The van der Waals surface area contributed by atoms with E-state index < -0.39 is 12.9 Å². The molecule has 1 aromatic carbocycles. The Hall–Kier alpha value is -0.555. The Morgan fingerprint density at radius 3 is 2.83 bits per heavy atom. The van der Waals surface area contributed by atoms with Crippen molar-refractivity contribution in [3.05, 3.63) is 29.6 Å². The molecule has 1 aliphatic heterocycles. The first kappa shape index (κ1) is 13.9. The predicted octanol–water partition coefficient (Wildman–Crippen LogP) is 0.916. The molecule has 1 aromatic rings. The zero-order valence-electron chi connectivity index (χ0n) is 10.2. The highest BCUT2D eigenvalue weighted by Gasteiger charge is 2.24. The fourth-order valence-corrected chi connectivity index (χ4v) is 3.23. The second kappa shape index (κ2) is 6.06. The quantitative estimate of drug-likeness (QED) is 0.799. The number of hydrogen-bond donors (Lipinski definition) is 2. The molecule has 0 amide bonds. The molecule has 6 heteroatoms. The van der Waals surface area contributed by atoms with Gasteiger partial charge in [0.25, 0.3) is 0 Å². The Morgan fingerprint density at radius 1 is 1.44 bits per heavy atom. The van der Waals surface area contributed by atoms with E-state index in [9.17, 15) is 4.39 Å². The maximum Gasteiger partial charge on any atom is 0.488 e. The van der Waals surface area contributed by atoms with Gasteiger partial charge in [0.1, 0.15) is 5.82 Å². The summed E-state index contributed by atoms with van der Waals surface area (Å²) < 4.78 is 18.8. The molecule has 18 heavy (non-hydrogen) atoms. The van der Waals surface area contributed by atoms with Crippen LogP contribution in [0.3, 0.4) is 0 Å². The monoisotopic (exact) mass is 270 g/mol. The molecule has 2 unspecified atom stereocenters. The lowest BCUT2D eigenvalue weighted by atomic mass is 9.79. The van der Waals surface area contributed by atoms with Gasteiger partial charge in [0.2, 0.25) is 0 Å². The highest BCUT2D eigenvalue weighted by molar-refractivity contribution is 7.99. The second-order valence-electron chi connectivity index (χ2n) is 4.48. The molecule has 98 valence electrons. The highest BCUT2D eigenvalue weighted by Crippen LogP contribution is 2.28. The van der Waals surface area contributed by atoms with Crippen LogP contribution in [0.4, 0.5) is 4.39 Å². The van der Waals surface area contributed by atoms with Crippen LogP contribution in [-0.4, -0.2) is 35.1 Å². The molecule has 1 saturated heterocycles. The lowest BCUT2D eigenvalue weighted by Crippen LogP contribution is -2.30. The van der Waals surface area contributed by atoms with E-state index in [4.69, 9.17) is 14.8 Å². The van der Waals surface area contributed by atoms with E-state index in [1.807, 2.05) is 6.92 Å². The molecule has 2 N–H and O–H groups in total. The second-order valence-corrected chi connectivity index (χ2v) is 5.71. The molecule has 3 nitrogen and oxygen atoms in total. The third-order valence-electron chi connectivity index (χ3n) is 3.05. The van der Waals surface area contributed by atoms with Gasteiger partial charge in [-0.05, 0) is 36.5 Å². The fraction of sp³-hybridized carbons (Fsp3) is 0.500. The number of rotatable bonds is 4. The number of hydrogen-bond acceptors (Lipinski definition) is 4. The molecule has 0 saturated carbocycles. The van der Waals surface area contributed by atoms with Crippen LogP contribution in [-0.2, 0) is 10.5 Å². The van der Waals surface area contributed by atoms with Crippen LogP contribution in [0.1, 0.15) is 18.9 Å². The van der Waals surface area contributed by atoms with E-state index >= 15 is 0 Å². The SMILES string of the molecule is CC1OCCC1SCc1cc(F)cc(B(O)O)c1. The Balaban J connectivity index is 2.00. The minimum atomic E-state index is -1.63. The van der Waals surface area contributed by atoms with Gasteiger partial charge < -0.3 is 14.8 Å². The largest absolute Gasteiger partial charge is 0.488 e. The van der Waals surface area contributed by atoms with E-state index in [1.54, 1.807) is 17.8 Å². The van der Waals surface area contributed by atoms with Crippen LogP contribution >= 0.6 is 11.8 Å². The number of benzene rings is 1. The molecule has 0 spiro atoms. The van der Waals surface area contributed by atoms with Crippen molar-refractivity contribution in [3.63, 3.8) is 0 Å². The summed E-state index contributed by atoms with van der Waals surface area (Å²) in [6.45, 7) is 2.82. The van der Waals surface area contributed by atoms with Crippen LogP contribution in [0.15, 0.2) is 18.2 Å². The van der Waals surface area contributed by atoms with E-state index in [1.165, 1.54) is 6.07 Å². The summed E-state index contributed by atoms with van der Waals surface area (Å²) in [5.74, 6) is 0.211. The van der Waals surface area contributed by atoms with Crippen molar-refractivity contribution in [2.45, 2.75) is 30.5 Å². The minimum absolute atomic E-state index is 0.196. The van der Waals surface area contributed by atoms with Crippen molar-refractivity contribution in [1.29, 1.82) is 0 Å². The lowest BCUT2D eigenvalue weighted by molar-refractivity contribution is 0.127. The molecule has 1 fully saturated rings. The van der Waals surface area contributed by atoms with Crippen molar-refractivity contribution in [1.82, 2.24) is 0 Å². The first-order valence-electron chi connectivity index (χ1n) is 5.95. The fourth-order valence-electron chi connectivity index (χ4n) is 2.04. The van der Waals surface area contributed by atoms with Gasteiger partial charge in [-0.1, -0.05) is 6.07 Å². The van der Waals surface area contributed by atoms with E-state index in [-0.39, 0.29) is 11.6 Å². The van der Waals surface area contributed by atoms with Gasteiger partial charge in [0, 0.05) is 17.6 Å². The Morgan fingerprint density at radius 2 is 2.22 bits per heavy atom. The van der Waals surface area contributed by atoms with E-state index in [2.05, 4.69) is 0 Å². The molecule has 1 heterocycles. The average molecular weight is 270 g/mol. The van der Waals surface area contributed by atoms with E-state index in [0.717, 1.165) is 24.7 Å².